The number of benzene rings is 1. The monoisotopic (exact) mass is 290 g/mol. The lowest BCUT2D eigenvalue weighted by Gasteiger charge is -2.10. The molecule has 0 unspecified atom stereocenters. The van der Waals surface area contributed by atoms with Crippen LogP contribution in [0.15, 0.2) is 36.5 Å². The fourth-order valence-corrected chi connectivity index (χ4v) is 1.82. The van der Waals surface area contributed by atoms with Crippen LogP contribution in [0.25, 0.3) is 0 Å². The molecular formula is C15H15FN2O3. The van der Waals surface area contributed by atoms with Crippen LogP contribution in [0.3, 0.4) is 0 Å². The minimum absolute atomic E-state index is 0.225. The lowest BCUT2D eigenvalue weighted by Crippen LogP contribution is -2.23. The number of pyridine rings is 1. The zero-order chi connectivity index (χ0) is 15.2. The van der Waals surface area contributed by atoms with Crippen LogP contribution in [0.1, 0.15) is 15.9 Å². The third kappa shape index (κ3) is 3.68. The van der Waals surface area contributed by atoms with Crippen molar-refractivity contribution in [3.05, 3.63) is 53.6 Å². The number of methoxy groups -OCH3 is 2. The van der Waals surface area contributed by atoms with Gasteiger partial charge in [0.2, 0.25) is 5.95 Å². The Bertz CT molecular complexity index is 647. The smallest absolute Gasteiger partial charge is 0.251 e. The summed E-state index contributed by atoms with van der Waals surface area (Å²) in [6.07, 6.45) is 1.25. The number of aromatic nitrogens is 1. The summed E-state index contributed by atoms with van der Waals surface area (Å²) in [4.78, 5) is 15.3. The molecule has 0 fully saturated rings. The summed E-state index contributed by atoms with van der Waals surface area (Å²) in [6, 6.07) is 7.88. The molecule has 0 radical (unpaired) electrons. The number of carbonyl (C=O) groups is 1. The average Bonchev–Trinajstić information content (AvgIpc) is 2.52. The van der Waals surface area contributed by atoms with E-state index in [0.29, 0.717) is 18.0 Å². The molecule has 2 aromatic rings. The van der Waals surface area contributed by atoms with Crippen LogP contribution in [0, 0.1) is 5.95 Å². The molecule has 110 valence electrons. The molecule has 0 aliphatic rings. The lowest BCUT2D eigenvalue weighted by molar-refractivity contribution is 0.0950. The first-order valence-electron chi connectivity index (χ1n) is 6.24. The Morgan fingerprint density at radius 2 is 1.95 bits per heavy atom. The van der Waals surface area contributed by atoms with Crippen molar-refractivity contribution in [2.45, 2.75) is 6.54 Å². The number of nitrogens with one attached hydrogen (secondary N) is 1. The topological polar surface area (TPSA) is 60.5 Å². The maximum absolute atomic E-state index is 13.0. The first-order valence-corrected chi connectivity index (χ1v) is 6.24. The normalized spacial score (nSPS) is 10.0. The molecule has 1 aromatic carbocycles. The van der Waals surface area contributed by atoms with Crippen molar-refractivity contribution in [2.75, 3.05) is 14.2 Å². The Morgan fingerprint density at radius 1 is 1.19 bits per heavy atom. The van der Waals surface area contributed by atoms with E-state index in [1.807, 2.05) is 6.07 Å². The zero-order valence-electron chi connectivity index (χ0n) is 11.7. The average molecular weight is 290 g/mol. The SMILES string of the molecule is COc1ccc(CNC(=O)c2ccnc(F)c2)cc1OC. The molecule has 0 atom stereocenters. The quantitative estimate of drug-likeness (QED) is 0.857. The molecule has 0 aliphatic heterocycles. The maximum Gasteiger partial charge on any atom is 0.251 e. The van der Waals surface area contributed by atoms with Gasteiger partial charge in [0.15, 0.2) is 11.5 Å². The van der Waals surface area contributed by atoms with E-state index in [1.54, 1.807) is 26.4 Å². The Balaban J connectivity index is 2.04. The molecule has 1 amide bonds. The highest BCUT2D eigenvalue weighted by Gasteiger charge is 2.08. The molecule has 1 N–H and O–H groups in total. The van der Waals surface area contributed by atoms with Crippen LogP contribution in [0.5, 0.6) is 11.5 Å². The third-order valence-electron chi connectivity index (χ3n) is 2.89. The van der Waals surface area contributed by atoms with E-state index in [1.165, 1.54) is 12.3 Å². The van der Waals surface area contributed by atoms with Crippen LogP contribution in [0.4, 0.5) is 4.39 Å². The summed E-state index contributed by atoms with van der Waals surface area (Å²) in [5.74, 6) is 0.142. The van der Waals surface area contributed by atoms with Gasteiger partial charge in [0, 0.05) is 24.4 Å². The first-order chi connectivity index (χ1) is 10.1. The molecular weight excluding hydrogens is 275 g/mol. The Labute approximate surface area is 121 Å². The van der Waals surface area contributed by atoms with Gasteiger partial charge in [-0.3, -0.25) is 4.79 Å². The molecule has 0 bridgehead atoms. The van der Waals surface area contributed by atoms with E-state index in [0.717, 1.165) is 11.6 Å². The van der Waals surface area contributed by atoms with Gasteiger partial charge in [-0.2, -0.15) is 4.39 Å². The second kappa shape index (κ2) is 6.69. The maximum atomic E-state index is 13.0. The highest BCUT2D eigenvalue weighted by atomic mass is 19.1. The van der Waals surface area contributed by atoms with Crippen molar-refractivity contribution in [3.63, 3.8) is 0 Å². The summed E-state index contributed by atoms with van der Waals surface area (Å²) >= 11 is 0. The van der Waals surface area contributed by atoms with Crippen LogP contribution >= 0.6 is 0 Å². The Hall–Kier alpha value is -2.63. The van der Waals surface area contributed by atoms with Crippen molar-refractivity contribution >= 4 is 5.91 Å². The van der Waals surface area contributed by atoms with Gasteiger partial charge in [-0.25, -0.2) is 4.98 Å². The highest BCUT2D eigenvalue weighted by molar-refractivity contribution is 5.93. The van der Waals surface area contributed by atoms with Crippen LogP contribution in [0.2, 0.25) is 0 Å². The highest BCUT2D eigenvalue weighted by Crippen LogP contribution is 2.27. The van der Waals surface area contributed by atoms with Gasteiger partial charge in [0.1, 0.15) is 0 Å². The molecule has 21 heavy (non-hydrogen) atoms. The van der Waals surface area contributed by atoms with Gasteiger partial charge >= 0.3 is 0 Å². The second-order valence-corrected chi connectivity index (χ2v) is 4.24. The van der Waals surface area contributed by atoms with Crippen LogP contribution in [-0.4, -0.2) is 25.1 Å². The van der Waals surface area contributed by atoms with E-state index in [2.05, 4.69) is 10.3 Å². The molecule has 0 saturated carbocycles. The molecule has 0 saturated heterocycles. The van der Waals surface area contributed by atoms with Crippen molar-refractivity contribution in [1.29, 1.82) is 0 Å². The van der Waals surface area contributed by atoms with Gasteiger partial charge in [-0.1, -0.05) is 6.07 Å². The third-order valence-corrected chi connectivity index (χ3v) is 2.89. The summed E-state index contributed by atoms with van der Waals surface area (Å²) in [5.41, 5.74) is 1.07. The number of nitrogens with zero attached hydrogens (tertiary/aromatic N) is 1. The van der Waals surface area contributed by atoms with Crippen molar-refractivity contribution in [3.8, 4) is 11.5 Å². The number of ether oxygens (including phenoxy) is 2. The molecule has 5 nitrogen and oxygen atoms in total. The van der Waals surface area contributed by atoms with E-state index in [9.17, 15) is 9.18 Å². The largest absolute Gasteiger partial charge is 0.493 e. The summed E-state index contributed by atoms with van der Waals surface area (Å²) < 4.78 is 23.3. The van der Waals surface area contributed by atoms with Crippen molar-refractivity contribution in [1.82, 2.24) is 10.3 Å². The molecule has 1 aromatic heterocycles. The first kappa shape index (κ1) is 14.8. The summed E-state index contributed by atoms with van der Waals surface area (Å²) in [6.45, 7) is 0.295. The number of hydrogen-bond donors (Lipinski definition) is 1. The molecule has 6 heteroatoms. The molecule has 1 heterocycles. The second-order valence-electron chi connectivity index (χ2n) is 4.24. The molecule has 0 spiro atoms. The van der Waals surface area contributed by atoms with Crippen molar-refractivity contribution in [2.24, 2.45) is 0 Å². The van der Waals surface area contributed by atoms with Crippen LogP contribution < -0.4 is 14.8 Å². The Morgan fingerprint density at radius 3 is 2.62 bits per heavy atom. The number of hydrogen-bond acceptors (Lipinski definition) is 4. The fraction of sp³-hybridized carbons (Fsp3) is 0.200. The minimum atomic E-state index is -0.686. The predicted octanol–water partition coefficient (Wildman–Crippen LogP) is 2.17. The Kier molecular flexibility index (Phi) is 4.71. The van der Waals surface area contributed by atoms with E-state index < -0.39 is 5.95 Å². The van der Waals surface area contributed by atoms with Gasteiger partial charge in [0.25, 0.3) is 5.91 Å². The van der Waals surface area contributed by atoms with E-state index in [4.69, 9.17) is 9.47 Å². The number of carbonyl (C=O) groups excluding carboxylic acids is 1. The molecule has 2 rings (SSSR count). The van der Waals surface area contributed by atoms with E-state index >= 15 is 0 Å². The van der Waals surface area contributed by atoms with Crippen molar-refractivity contribution < 1.29 is 18.7 Å². The molecule has 0 aliphatic carbocycles. The van der Waals surface area contributed by atoms with E-state index in [-0.39, 0.29) is 11.5 Å². The number of rotatable bonds is 5. The van der Waals surface area contributed by atoms with Gasteiger partial charge in [-0.15, -0.1) is 0 Å². The van der Waals surface area contributed by atoms with Gasteiger partial charge in [0.05, 0.1) is 14.2 Å². The number of halogens is 1. The fourth-order valence-electron chi connectivity index (χ4n) is 1.82. The summed E-state index contributed by atoms with van der Waals surface area (Å²) in [5, 5.41) is 2.70. The zero-order valence-corrected chi connectivity index (χ0v) is 11.7. The standard InChI is InChI=1S/C15H15FN2O3/c1-20-12-4-3-10(7-13(12)21-2)9-18-15(19)11-5-6-17-14(16)8-11/h3-8H,9H2,1-2H3,(H,18,19). The van der Waals surface area contributed by atoms with Crippen LogP contribution in [-0.2, 0) is 6.54 Å². The summed E-state index contributed by atoms with van der Waals surface area (Å²) in [7, 11) is 3.09. The van der Waals surface area contributed by atoms with Gasteiger partial charge in [-0.05, 0) is 23.8 Å². The lowest BCUT2D eigenvalue weighted by atomic mass is 10.2. The number of amides is 1. The van der Waals surface area contributed by atoms with Gasteiger partial charge < -0.3 is 14.8 Å². The minimum Gasteiger partial charge on any atom is -0.493 e. The predicted molar refractivity (Wildman–Crippen MR) is 74.9 cm³/mol.